The van der Waals surface area contributed by atoms with Crippen molar-refractivity contribution in [3.05, 3.63) is 34.9 Å². The Morgan fingerprint density at radius 2 is 2.11 bits per heavy atom. The van der Waals surface area contributed by atoms with E-state index in [4.69, 9.17) is 10.5 Å². The molecular weight excluding hydrogens is 348 g/mol. The zero-order chi connectivity index (χ0) is 19.0. The average molecular weight is 372 g/mol. The van der Waals surface area contributed by atoms with Crippen LogP contribution < -0.4 is 16.4 Å². The van der Waals surface area contributed by atoms with E-state index in [2.05, 4.69) is 10.6 Å². The van der Waals surface area contributed by atoms with Crippen LogP contribution in [0.15, 0.2) is 18.2 Å². The van der Waals surface area contributed by atoms with Crippen LogP contribution in [0, 0.1) is 5.92 Å². The maximum atomic E-state index is 12.7. The Morgan fingerprint density at radius 3 is 2.89 bits per heavy atom. The molecule has 1 aromatic rings. The van der Waals surface area contributed by atoms with Gasteiger partial charge in [-0.3, -0.25) is 19.7 Å². The van der Waals surface area contributed by atoms with E-state index in [9.17, 15) is 14.4 Å². The minimum atomic E-state index is -0.579. The number of hydrogen-bond acceptors (Lipinski definition) is 6. The zero-order valence-corrected chi connectivity index (χ0v) is 15.1. The molecule has 1 aromatic carbocycles. The number of imide groups is 1. The van der Waals surface area contributed by atoms with Crippen LogP contribution in [0.5, 0.6) is 0 Å². The van der Waals surface area contributed by atoms with Crippen molar-refractivity contribution in [2.24, 2.45) is 11.7 Å². The molecule has 0 radical (unpaired) electrons. The first kappa shape index (κ1) is 18.1. The highest BCUT2D eigenvalue weighted by molar-refractivity contribution is 6.05. The van der Waals surface area contributed by atoms with Gasteiger partial charge in [-0.2, -0.15) is 0 Å². The molecule has 1 unspecified atom stereocenters. The Labute approximate surface area is 157 Å². The molecule has 0 aromatic heterocycles. The van der Waals surface area contributed by atoms with Gasteiger partial charge < -0.3 is 20.7 Å². The normalized spacial score (nSPS) is 27.8. The summed E-state index contributed by atoms with van der Waals surface area (Å²) in [4.78, 5) is 37.7. The van der Waals surface area contributed by atoms with Crippen molar-refractivity contribution in [1.29, 1.82) is 0 Å². The number of nitrogens with zero attached hydrogens (tertiary/aromatic N) is 1. The lowest BCUT2D eigenvalue weighted by Gasteiger charge is -2.29. The standard InChI is InChI=1S/C19H24N4O4/c20-6-13-9-27-10-15(13)21-7-11-1-2-14-12(5-11)8-23(19(14)26)16-3-4-17(24)22-18(16)25/h1-2,5,13,15-16,21H,3-4,6-10,20H2,(H,22,24,25)/t13-,15-,16?/m1/s1. The summed E-state index contributed by atoms with van der Waals surface area (Å²) in [5.74, 6) is -0.487. The summed E-state index contributed by atoms with van der Waals surface area (Å²) < 4.78 is 5.48. The number of carbonyl (C=O) groups excluding carboxylic acids is 3. The topological polar surface area (TPSA) is 114 Å². The predicted molar refractivity (Wildman–Crippen MR) is 96.5 cm³/mol. The Balaban J connectivity index is 1.43. The fourth-order valence-electron chi connectivity index (χ4n) is 4.04. The molecule has 0 aliphatic carbocycles. The zero-order valence-electron chi connectivity index (χ0n) is 15.1. The highest BCUT2D eigenvalue weighted by Gasteiger charge is 2.39. The van der Waals surface area contributed by atoms with Gasteiger partial charge in [-0.25, -0.2) is 0 Å². The Morgan fingerprint density at radius 1 is 1.26 bits per heavy atom. The van der Waals surface area contributed by atoms with Crippen molar-refractivity contribution in [2.45, 2.75) is 38.0 Å². The van der Waals surface area contributed by atoms with Gasteiger partial charge in [0, 0.05) is 37.0 Å². The number of benzene rings is 1. The average Bonchev–Trinajstić information content (AvgIpc) is 3.24. The minimum absolute atomic E-state index is 0.147. The van der Waals surface area contributed by atoms with E-state index in [-0.39, 0.29) is 30.2 Å². The van der Waals surface area contributed by atoms with E-state index in [1.807, 2.05) is 18.2 Å². The van der Waals surface area contributed by atoms with Crippen LogP contribution in [-0.4, -0.2) is 54.5 Å². The molecule has 4 N–H and O–H groups in total. The van der Waals surface area contributed by atoms with Gasteiger partial charge in [0.25, 0.3) is 5.91 Å². The Kier molecular flexibility index (Phi) is 4.94. The Hall–Kier alpha value is -2.29. The van der Waals surface area contributed by atoms with Crippen LogP contribution in [0.3, 0.4) is 0 Å². The summed E-state index contributed by atoms with van der Waals surface area (Å²) >= 11 is 0. The van der Waals surface area contributed by atoms with Gasteiger partial charge in [0.1, 0.15) is 6.04 Å². The molecule has 3 heterocycles. The third-order valence-corrected chi connectivity index (χ3v) is 5.66. The van der Waals surface area contributed by atoms with Crippen molar-refractivity contribution < 1.29 is 19.1 Å². The van der Waals surface area contributed by atoms with Crippen molar-refractivity contribution in [1.82, 2.24) is 15.5 Å². The molecule has 2 fully saturated rings. The number of carbonyl (C=O) groups is 3. The van der Waals surface area contributed by atoms with Crippen LogP contribution in [0.4, 0.5) is 0 Å². The largest absolute Gasteiger partial charge is 0.379 e. The second-order valence-corrected chi connectivity index (χ2v) is 7.41. The summed E-state index contributed by atoms with van der Waals surface area (Å²) in [6.07, 6.45) is 0.637. The third kappa shape index (κ3) is 3.47. The van der Waals surface area contributed by atoms with E-state index < -0.39 is 6.04 Å². The van der Waals surface area contributed by atoms with Gasteiger partial charge in [0.2, 0.25) is 11.8 Å². The molecule has 3 aliphatic rings. The minimum Gasteiger partial charge on any atom is -0.379 e. The van der Waals surface area contributed by atoms with Gasteiger partial charge in [-0.05, 0) is 30.2 Å². The molecule has 0 saturated carbocycles. The fourth-order valence-corrected chi connectivity index (χ4v) is 4.04. The molecule has 8 heteroatoms. The SMILES string of the molecule is NC[C@@H]1COC[C@H]1NCc1ccc2c(c1)CN(C1CCC(=O)NC1=O)C2=O. The van der Waals surface area contributed by atoms with Crippen molar-refractivity contribution >= 4 is 17.7 Å². The van der Waals surface area contributed by atoms with Gasteiger partial charge >= 0.3 is 0 Å². The maximum absolute atomic E-state index is 12.7. The number of nitrogens with one attached hydrogen (secondary N) is 2. The number of fused-ring (bicyclic) bond motifs is 1. The molecular formula is C19H24N4O4. The van der Waals surface area contributed by atoms with E-state index in [1.165, 1.54) is 0 Å². The first-order valence-electron chi connectivity index (χ1n) is 9.34. The quantitative estimate of drug-likeness (QED) is 0.601. The number of nitrogens with two attached hydrogens (primary N) is 1. The van der Waals surface area contributed by atoms with Crippen molar-refractivity contribution in [2.75, 3.05) is 19.8 Å². The highest BCUT2D eigenvalue weighted by atomic mass is 16.5. The number of amides is 3. The molecule has 144 valence electrons. The number of hydrogen-bond donors (Lipinski definition) is 3. The van der Waals surface area contributed by atoms with Crippen LogP contribution in [0.2, 0.25) is 0 Å². The lowest BCUT2D eigenvalue weighted by Crippen LogP contribution is -2.52. The first-order valence-corrected chi connectivity index (χ1v) is 9.34. The smallest absolute Gasteiger partial charge is 0.255 e. The molecule has 2 saturated heterocycles. The lowest BCUT2D eigenvalue weighted by molar-refractivity contribution is -0.136. The summed E-state index contributed by atoms with van der Waals surface area (Å²) in [5, 5.41) is 5.80. The molecule has 3 aliphatic heterocycles. The molecule has 3 amide bonds. The van der Waals surface area contributed by atoms with E-state index in [0.29, 0.717) is 50.8 Å². The van der Waals surface area contributed by atoms with Gasteiger partial charge in [0.05, 0.1) is 13.2 Å². The van der Waals surface area contributed by atoms with Crippen LogP contribution in [0.25, 0.3) is 0 Å². The molecule has 0 spiro atoms. The molecule has 8 nitrogen and oxygen atoms in total. The van der Waals surface area contributed by atoms with Crippen molar-refractivity contribution in [3.63, 3.8) is 0 Å². The molecule has 4 rings (SSSR count). The van der Waals surface area contributed by atoms with Gasteiger partial charge in [0.15, 0.2) is 0 Å². The molecule has 27 heavy (non-hydrogen) atoms. The number of ether oxygens (including phenoxy) is 1. The summed E-state index contributed by atoms with van der Waals surface area (Å²) in [6.45, 7) is 3.01. The van der Waals surface area contributed by atoms with Crippen LogP contribution >= 0.6 is 0 Å². The fraction of sp³-hybridized carbons (Fsp3) is 0.526. The monoisotopic (exact) mass is 372 g/mol. The Bertz CT molecular complexity index is 781. The summed E-state index contributed by atoms with van der Waals surface area (Å²) in [7, 11) is 0. The second kappa shape index (κ2) is 7.38. The van der Waals surface area contributed by atoms with E-state index in [1.54, 1.807) is 4.90 Å². The van der Waals surface area contributed by atoms with Crippen LogP contribution in [-0.2, 0) is 27.4 Å². The highest BCUT2D eigenvalue weighted by Crippen LogP contribution is 2.28. The summed E-state index contributed by atoms with van der Waals surface area (Å²) in [5.41, 5.74) is 8.40. The first-order chi connectivity index (χ1) is 13.1. The third-order valence-electron chi connectivity index (χ3n) is 5.66. The van der Waals surface area contributed by atoms with E-state index in [0.717, 1.165) is 11.1 Å². The van der Waals surface area contributed by atoms with Gasteiger partial charge in [-0.1, -0.05) is 12.1 Å². The van der Waals surface area contributed by atoms with Crippen LogP contribution in [0.1, 0.15) is 34.3 Å². The molecule has 3 atom stereocenters. The number of piperidine rings is 1. The lowest BCUT2D eigenvalue weighted by atomic mass is 10.0. The summed E-state index contributed by atoms with van der Waals surface area (Å²) in [6, 6.07) is 5.44. The number of rotatable bonds is 5. The molecule has 0 bridgehead atoms. The van der Waals surface area contributed by atoms with E-state index >= 15 is 0 Å². The predicted octanol–water partition coefficient (Wildman–Crippen LogP) is -0.489. The second-order valence-electron chi connectivity index (χ2n) is 7.41. The van der Waals surface area contributed by atoms with Gasteiger partial charge in [-0.15, -0.1) is 0 Å². The maximum Gasteiger partial charge on any atom is 0.255 e. The van der Waals surface area contributed by atoms with Crippen molar-refractivity contribution in [3.8, 4) is 0 Å².